The average Bonchev–Trinajstić information content (AvgIpc) is 2.77. The predicted octanol–water partition coefficient (Wildman–Crippen LogP) is 5.77. The molecule has 3 aromatic carbocycles. The molecule has 1 heterocycles. The minimum Gasteiger partial charge on any atom is -0.433 e. The fourth-order valence-corrected chi connectivity index (χ4v) is 3.68. The van der Waals surface area contributed by atoms with Crippen LogP contribution in [0.25, 0.3) is 0 Å². The molecule has 2 atom stereocenters. The Morgan fingerprint density at radius 2 is 1.48 bits per heavy atom. The number of hydrogen-bond donors (Lipinski definition) is 0. The number of allylic oxidation sites excluding steroid dienone is 1. The molecular weight excluding hydrogens is 380 g/mol. The second-order valence-corrected chi connectivity index (χ2v) is 7.39. The number of carbonyl (C=O) groups excluding carboxylic acids is 1. The minimum atomic E-state index is -0.358. The maximum atomic E-state index is 12.7. The molecule has 0 radical (unpaired) electrons. The Kier molecular flexibility index (Phi) is 5.79. The van der Waals surface area contributed by atoms with Gasteiger partial charge in [-0.25, -0.2) is 0 Å². The van der Waals surface area contributed by atoms with Crippen LogP contribution >= 0.6 is 11.6 Å². The number of hydrogen-bond acceptors (Lipinski definition) is 2. The highest BCUT2D eigenvalue weighted by Gasteiger charge is 2.36. The summed E-state index contributed by atoms with van der Waals surface area (Å²) in [4.78, 5) is 12.7. The molecule has 0 N–H and O–H groups in total. The lowest BCUT2D eigenvalue weighted by Crippen LogP contribution is -2.30. The van der Waals surface area contributed by atoms with E-state index in [2.05, 4.69) is 11.8 Å². The van der Waals surface area contributed by atoms with E-state index in [-0.39, 0.29) is 17.8 Å². The van der Waals surface area contributed by atoms with E-state index in [1.54, 1.807) is 0 Å². The largest absolute Gasteiger partial charge is 0.433 e. The first kappa shape index (κ1) is 19.1. The van der Waals surface area contributed by atoms with Crippen LogP contribution in [0.15, 0.2) is 96.8 Å². The molecule has 0 saturated carbocycles. The molecule has 0 aliphatic carbocycles. The maximum absolute atomic E-state index is 12.7. The van der Waals surface area contributed by atoms with Gasteiger partial charge in [0.05, 0.1) is 5.92 Å². The molecule has 29 heavy (non-hydrogen) atoms. The lowest BCUT2D eigenvalue weighted by atomic mass is 9.77. The van der Waals surface area contributed by atoms with Crippen molar-refractivity contribution in [1.29, 1.82) is 0 Å². The third-order valence-corrected chi connectivity index (χ3v) is 5.25. The molecule has 0 unspecified atom stereocenters. The van der Waals surface area contributed by atoms with Crippen molar-refractivity contribution in [3.05, 3.63) is 118 Å². The normalized spacial score (nSPS) is 18.2. The van der Waals surface area contributed by atoms with E-state index < -0.39 is 0 Å². The van der Waals surface area contributed by atoms with Crippen molar-refractivity contribution in [1.82, 2.24) is 0 Å². The highest BCUT2D eigenvalue weighted by atomic mass is 35.5. The van der Waals surface area contributed by atoms with Gasteiger partial charge in [-0.05, 0) is 41.8 Å². The standard InChI is InChI=1S/C26H19ClO2/c27-23-15-12-20(13-16-23)17-24-25(21-9-5-2-6-10-21)22(18-29-26(24)28)14-11-19-7-3-1-4-8-19/h1-10,12-13,15-16,18,24-25H,17H2/t24-,25+/m0/s1. The van der Waals surface area contributed by atoms with Crippen molar-refractivity contribution in [2.75, 3.05) is 0 Å². The highest BCUT2D eigenvalue weighted by molar-refractivity contribution is 6.30. The van der Waals surface area contributed by atoms with Crippen molar-refractivity contribution < 1.29 is 9.53 Å². The SMILES string of the molecule is O=C1OC=C(C#Cc2ccccc2)[C@@H](c2ccccc2)[C@@H]1Cc1ccc(Cl)cc1. The first-order valence-corrected chi connectivity index (χ1v) is 9.85. The van der Waals surface area contributed by atoms with Gasteiger partial charge >= 0.3 is 5.97 Å². The summed E-state index contributed by atoms with van der Waals surface area (Å²) in [5, 5.41) is 0.675. The Morgan fingerprint density at radius 3 is 2.17 bits per heavy atom. The summed E-state index contributed by atoms with van der Waals surface area (Å²) in [6.07, 6.45) is 2.06. The summed E-state index contributed by atoms with van der Waals surface area (Å²) in [7, 11) is 0. The van der Waals surface area contributed by atoms with Crippen molar-refractivity contribution >= 4 is 17.6 Å². The molecule has 0 bridgehead atoms. The minimum absolute atomic E-state index is 0.163. The predicted molar refractivity (Wildman–Crippen MR) is 115 cm³/mol. The van der Waals surface area contributed by atoms with Gasteiger partial charge in [-0.1, -0.05) is 84.1 Å². The molecule has 0 amide bonds. The molecule has 0 fully saturated rings. The van der Waals surface area contributed by atoms with Crippen LogP contribution in [-0.2, 0) is 16.0 Å². The van der Waals surface area contributed by atoms with Gasteiger partial charge in [0, 0.05) is 22.1 Å². The van der Waals surface area contributed by atoms with Crippen molar-refractivity contribution in [3.8, 4) is 11.8 Å². The van der Waals surface area contributed by atoms with Crippen molar-refractivity contribution in [3.63, 3.8) is 0 Å². The highest BCUT2D eigenvalue weighted by Crippen LogP contribution is 2.38. The van der Waals surface area contributed by atoms with Crippen LogP contribution in [0.1, 0.15) is 22.6 Å². The maximum Gasteiger partial charge on any atom is 0.315 e. The van der Waals surface area contributed by atoms with Gasteiger partial charge in [0.2, 0.25) is 0 Å². The molecule has 3 aromatic rings. The molecule has 0 spiro atoms. The first-order valence-electron chi connectivity index (χ1n) is 9.48. The number of ether oxygens (including phenoxy) is 1. The summed E-state index contributed by atoms with van der Waals surface area (Å²) in [5.74, 6) is 5.68. The van der Waals surface area contributed by atoms with E-state index >= 15 is 0 Å². The third-order valence-electron chi connectivity index (χ3n) is 4.99. The summed E-state index contributed by atoms with van der Waals surface area (Å²) in [5.41, 5.74) is 3.82. The Balaban J connectivity index is 1.71. The lowest BCUT2D eigenvalue weighted by molar-refractivity contribution is -0.144. The van der Waals surface area contributed by atoms with E-state index in [1.807, 2.05) is 84.9 Å². The van der Waals surface area contributed by atoms with Crippen LogP contribution in [-0.4, -0.2) is 5.97 Å². The topological polar surface area (TPSA) is 26.3 Å². The average molecular weight is 399 g/mol. The van der Waals surface area contributed by atoms with E-state index in [9.17, 15) is 4.79 Å². The summed E-state index contributed by atoms with van der Waals surface area (Å²) in [6.45, 7) is 0. The molecular formula is C26H19ClO2. The second-order valence-electron chi connectivity index (χ2n) is 6.95. The zero-order chi connectivity index (χ0) is 20.1. The van der Waals surface area contributed by atoms with Crippen LogP contribution in [0, 0.1) is 17.8 Å². The number of esters is 1. The number of halogens is 1. The molecule has 0 saturated heterocycles. The van der Waals surface area contributed by atoms with Crippen molar-refractivity contribution in [2.45, 2.75) is 12.3 Å². The van der Waals surface area contributed by atoms with Crippen LogP contribution in [0.3, 0.4) is 0 Å². The van der Waals surface area contributed by atoms with E-state index in [0.29, 0.717) is 11.4 Å². The second kappa shape index (κ2) is 8.82. The molecule has 1 aliphatic rings. The lowest BCUT2D eigenvalue weighted by Gasteiger charge is -2.29. The molecule has 1 aliphatic heterocycles. The zero-order valence-electron chi connectivity index (χ0n) is 15.7. The molecule has 0 aromatic heterocycles. The van der Waals surface area contributed by atoms with Gasteiger partial charge in [-0.3, -0.25) is 4.79 Å². The van der Waals surface area contributed by atoms with Crippen molar-refractivity contribution in [2.24, 2.45) is 5.92 Å². The summed E-state index contributed by atoms with van der Waals surface area (Å²) >= 11 is 6.01. The van der Waals surface area contributed by atoms with Crippen LogP contribution in [0.2, 0.25) is 5.02 Å². The number of carbonyl (C=O) groups is 1. The number of cyclic esters (lactones) is 1. The van der Waals surface area contributed by atoms with Crippen LogP contribution in [0.5, 0.6) is 0 Å². The molecule has 4 rings (SSSR count). The monoisotopic (exact) mass is 398 g/mol. The van der Waals surface area contributed by atoms with E-state index in [4.69, 9.17) is 16.3 Å². The first-order chi connectivity index (χ1) is 14.2. The van der Waals surface area contributed by atoms with Crippen LogP contribution < -0.4 is 0 Å². The Labute approximate surface area is 175 Å². The molecule has 142 valence electrons. The number of benzene rings is 3. The fourth-order valence-electron chi connectivity index (χ4n) is 3.56. The van der Waals surface area contributed by atoms with Crippen LogP contribution in [0.4, 0.5) is 0 Å². The van der Waals surface area contributed by atoms with Gasteiger partial charge in [0.25, 0.3) is 0 Å². The Morgan fingerprint density at radius 1 is 0.828 bits per heavy atom. The summed E-state index contributed by atoms with van der Waals surface area (Å²) in [6, 6.07) is 27.4. The van der Waals surface area contributed by atoms with Gasteiger partial charge < -0.3 is 4.74 Å². The fraction of sp³-hybridized carbons (Fsp3) is 0.115. The van der Waals surface area contributed by atoms with Gasteiger partial charge in [0.15, 0.2) is 0 Å². The van der Waals surface area contributed by atoms with E-state index in [1.165, 1.54) is 6.26 Å². The number of rotatable bonds is 3. The summed E-state index contributed by atoms with van der Waals surface area (Å²) < 4.78 is 5.41. The smallest absolute Gasteiger partial charge is 0.315 e. The van der Waals surface area contributed by atoms with E-state index in [0.717, 1.165) is 22.3 Å². The zero-order valence-corrected chi connectivity index (χ0v) is 16.5. The third kappa shape index (κ3) is 4.59. The van der Waals surface area contributed by atoms with Gasteiger partial charge in [0.1, 0.15) is 6.26 Å². The van der Waals surface area contributed by atoms with Gasteiger partial charge in [-0.2, -0.15) is 0 Å². The Bertz CT molecular complexity index is 1070. The Hall–Kier alpha value is -3.28. The quantitative estimate of drug-likeness (QED) is 0.413. The molecule has 2 nitrogen and oxygen atoms in total. The van der Waals surface area contributed by atoms with Gasteiger partial charge in [-0.15, -0.1) is 0 Å². The molecule has 3 heteroatoms.